The van der Waals surface area contributed by atoms with Crippen LogP contribution in [0, 0.1) is 21.8 Å². The number of aromatic nitrogens is 2. The molecule has 3 rings (SSSR count). The summed E-state index contributed by atoms with van der Waals surface area (Å²) in [6.07, 6.45) is 1.55. The fourth-order valence-corrected chi connectivity index (χ4v) is 3.72. The number of fused-ring (bicyclic) bond motifs is 1. The van der Waals surface area contributed by atoms with E-state index in [9.17, 15) is 4.79 Å². The molecule has 0 aliphatic heterocycles. The molecule has 0 aliphatic rings. The highest BCUT2D eigenvalue weighted by atomic mass is 127. The molecular weight excluding hydrogens is 539 g/mol. The van der Waals surface area contributed by atoms with E-state index in [-0.39, 0.29) is 12.2 Å². The lowest BCUT2D eigenvalue weighted by molar-refractivity contribution is 0.327. The molecule has 0 unspecified atom stereocenters. The van der Waals surface area contributed by atoms with Gasteiger partial charge in [-0.25, -0.2) is 4.98 Å². The predicted molar refractivity (Wildman–Crippen MR) is 118 cm³/mol. The van der Waals surface area contributed by atoms with Crippen LogP contribution in [0.15, 0.2) is 44.7 Å². The zero-order valence-corrected chi connectivity index (χ0v) is 18.7. The van der Waals surface area contributed by atoms with E-state index in [1.165, 1.54) is 11.8 Å². The van der Waals surface area contributed by atoms with Gasteiger partial charge < -0.3 is 9.47 Å². The number of hydrogen-bond acceptors (Lipinski definition) is 6. The van der Waals surface area contributed by atoms with Gasteiger partial charge in [0.15, 0.2) is 18.1 Å². The molecule has 1 aromatic heterocycles. The first-order valence-electron chi connectivity index (χ1n) is 8.05. The number of aryl methyl sites for hydroxylation is 1. The first-order valence-corrected chi connectivity index (χ1v) is 9.92. The molecule has 3 aromatic rings. The lowest BCUT2D eigenvalue weighted by Crippen LogP contribution is -2.20. The van der Waals surface area contributed by atoms with Crippen LogP contribution in [0.3, 0.4) is 0 Å². The normalized spacial score (nSPS) is 11.0. The largest absolute Gasteiger partial charge is 0.493 e. The number of nitrogens with zero attached hydrogens (tertiary/aromatic N) is 4. The molecule has 0 aliphatic carbocycles. The third kappa shape index (κ3) is 4.18. The number of methoxy groups -OCH3 is 1. The van der Waals surface area contributed by atoms with E-state index in [4.69, 9.17) is 14.7 Å². The molecule has 0 bridgehead atoms. The second-order valence-electron chi connectivity index (χ2n) is 5.66. The van der Waals surface area contributed by atoms with Crippen LogP contribution in [0.5, 0.6) is 11.5 Å². The van der Waals surface area contributed by atoms with Gasteiger partial charge in [0.25, 0.3) is 5.56 Å². The first kappa shape index (κ1) is 20.3. The molecule has 142 valence electrons. The van der Waals surface area contributed by atoms with Gasteiger partial charge in [-0.05, 0) is 65.4 Å². The van der Waals surface area contributed by atoms with Crippen LogP contribution in [0.4, 0.5) is 0 Å². The van der Waals surface area contributed by atoms with Crippen molar-refractivity contribution < 1.29 is 9.47 Å². The summed E-state index contributed by atoms with van der Waals surface area (Å²) in [6, 6.07) is 10.8. The van der Waals surface area contributed by atoms with Crippen molar-refractivity contribution in [3.63, 3.8) is 0 Å². The van der Waals surface area contributed by atoms with Gasteiger partial charge in [-0.15, -0.1) is 0 Å². The van der Waals surface area contributed by atoms with E-state index < -0.39 is 0 Å². The smallest absolute Gasteiger partial charge is 0.282 e. The molecule has 2 aromatic carbocycles. The predicted octanol–water partition coefficient (Wildman–Crippen LogP) is 3.87. The van der Waals surface area contributed by atoms with Crippen LogP contribution in [0.2, 0.25) is 0 Å². The topological polar surface area (TPSA) is 89.5 Å². The maximum atomic E-state index is 12.8. The average Bonchev–Trinajstić information content (AvgIpc) is 2.67. The number of nitriles is 1. The molecule has 0 amide bonds. The first-order chi connectivity index (χ1) is 13.4. The third-order valence-electron chi connectivity index (χ3n) is 3.83. The van der Waals surface area contributed by atoms with Gasteiger partial charge in [-0.1, -0.05) is 15.9 Å². The molecule has 0 fully saturated rings. The molecule has 0 radical (unpaired) electrons. The third-order valence-corrected chi connectivity index (χ3v) is 5.12. The Kier molecular flexibility index (Phi) is 6.31. The molecule has 28 heavy (non-hydrogen) atoms. The van der Waals surface area contributed by atoms with Gasteiger partial charge in [-0.3, -0.25) is 4.79 Å². The molecule has 0 spiro atoms. The van der Waals surface area contributed by atoms with E-state index in [0.717, 1.165) is 8.04 Å². The summed E-state index contributed by atoms with van der Waals surface area (Å²) in [7, 11) is 1.52. The molecule has 0 N–H and O–H groups in total. The second-order valence-corrected chi connectivity index (χ2v) is 7.74. The molecule has 0 saturated carbocycles. The summed E-state index contributed by atoms with van der Waals surface area (Å²) in [4.78, 5) is 17.2. The van der Waals surface area contributed by atoms with Crippen molar-refractivity contribution in [2.75, 3.05) is 13.7 Å². The number of ether oxygens (including phenoxy) is 2. The van der Waals surface area contributed by atoms with Crippen LogP contribution >= 0.6 is 38.5 Å². The van der Waals surface area contributed by atoms with Gasteiger partial charge >= 0.3 is 0 Å². The molecule has 9 heteroatoms. The van der Waals surface area contributed by atoms with Crippen LogP contribution in [0.1, 0.15) is 11.4 Å². The molecule has 0 saturated heterocycles. The standard InChI is InChI=1S/C19H14BrIN4O3/c1-11-24-16-4-3-13(20)9-14(16)19(26)25(11)23-10-12-7-15(21)18(28-6-5-22)17(8-12)27-2/h3-4,7-10H,6H2,1-2H3. The van der Waals surface area contributed by atoms with Crippen LogP contribution in [0.25, 0.3) is 10.9 Å². The Morgan fingerprint density at radius 2 is 2.18 bits per heavy atom. The quantitative estimate of drug-likeness (QED) is 0.354. The van der Waals surface area contributed by atoms with E-state index in [1.54, 1.807) is 31.3 Å². The highest BCUT2D eigenvalue weighted by molar-refractivity contribution is 14.1. The number of hydrogen-bond donors (Lipinski definition) is 0. The van der Waals surface area contributed by atoms with Crippen molar-refractivity contribution in [3.05, 3.63) is 60.1 Å². The van der Waals surface area contributed by atoms with Crippen molar-refractivity contribution in [1.29, 1.82) is 5.26 Å². The van der Waals surface area contributed by atoms with Crippen molar-refractivity contribution in [1.82, 2.24) is 9.66 Å². The Labute approximate surface area is 182 Å². The summed E-state index contributed by atoms with van der Waals surface area (Å²) < 4.78 is 13.6. The monoisotopic (exact) mass is 552 g/mol. The number of halogens is 2. The Balaban J connectivity index is 2.04. The fraction of sp³-hybridized carbons (Fsp3) is 0.158. The zero-order chi connectivity index (χ0) is 20.3. The van der Waals surface area contributed by atoms with Crippen LogP contribution < -0.4 is 15.0 Å². The maximum Gasteiger partial charge on any atom is 0.282 e. The molecular formula is C19H14BrIN4O3. The summed E-state index contributed by atoms with van der Waals surface area (Å²) in [5, 5.41) is 13.5. The van der Waals surface area contributed by atoms with Crippen molar-refractivity contribution >= 4 is 55.6 Å². The van der Waals surface area contributed by atoms with Gasteiger partial charge in [-0.2, -0.15) is 15.0 Å². The van der Waals surface area contributed by atoms with Gasteiger partial charge in [0.2, 0.25) is 0 Å². The maximum absolute atomic E-state index is 12.8. The van der Waals surface area contributed by atoms with Gasteiger partial charge in [0.05, 0.1) is 27.8 Å². The van der Waals surface area contributed by atoms with E-state index in [0.29, 0.717) is 33.8 Å². The van der Waals surface area contributed by atoms with Gasteiger partial charge in [0, 0.05) is 4.47 Å². The Morgan fingerprint density at radius 3 is 2.89 bits per heavy atom. The van der Waals surface area contributed by atoms with Crippen molar-refractivity contribution in [2.45, 2.75) is 6.92 Å². The SMILES string of the molecule is COc1cc(C=Nn2c(C)nc3ccc(Br)cc3c2=O)cc(I)c1OCC#N. The van der Waals surface area contributed by atoms with E-state index in [1.807, 2.05) is 18.2 Å². The average molecular weight is 553 g/mol. The minimum absolute atomic E-state index is 0.0767. The minimum Gasteiger partial charge on any atom is -0.493 e. The number of rotatable bonds is 5. The summed E-state index contributed by atoms with van der Waals surface area (Å²) in [6.45, 7) is 1.65. The van der Waals surface area contributed by atoms with E-state index >= 15 is 0 Å². The zero-order valence-electron chi connectivity index (χ0n) is 14.9. The highest BCUT2D eigenvalue weighted by Crippen LogP contribution is 2.33. The molecule has 0 atom stereocenters. The fourth-order valence-electron chi connectivity index (χ4n) is 2.58. The summed E-state index contributed by atoms with van der Waals surface area (Å²) in [5.41, 5.74) is 1.08. The van der Waals surface area contributed by atoms with E-state index in [2.05, 4.69) is 48.6 Å². The minimum atomic E-state index is -0.254. The van der Waals surface area contributed by atoms with Gasteiger partial charge in [0.1, 0.15) is 11.9 Å². The molecule has 7 nitrogen and oxygen atoms in total. The van der Waals surface area contributed by atoms with Crippen LogP contribution in [-0.4, -0.2) is 29.6 Å². The lowest BCUT2D eigenvalue weighted by Gasteiger charge is -2.11. The Morgan fingerprint density at radius 1 is 1.39 bits per heavy atom. The molecule has 1 heterocycles. The Bertz CT molecular complexity index is 1180. The Hall–Kier alpha value is -2.45. The van der Waals surface area contributed by atoms with Crippen LogP contribution in [-0.2, 0) is 0 Å². The summed E-state index contributed by atoms with van der Waals surface area (Å²) in [5.74, 6) is 1.45. The second kappa shape index (κ2) is 8.70. The number of benzene rings is 2. The highest BCUT2D eigenvalue weighted by Gasteiger charge is 2.12. The lowest BCUT2D eigenvalue weighted by atomic mass is 10.2. The summed E-state index contributed by atoms with van der Waals surface area (Å²) >= 11 is 5.47. The van der Waals surface area contributed by atoms with Crippen molar-refractivity contribution in [3.8, 4) is 17.6 Å². The van der Waals surface area contributed by atoms with Crippen molar-refractivity contribution in [2.24, 2.45) is 5.10 Å².